The van der Waals surface area contributed by atoms with Gasteiger partial charge in [-0.1, -0.05) is 87.5 Å². The van der Waals surface area contributed by atoms with E-state index < -0.39 is 0 Å². The summed E-state index contributed by atoms with van der Waals surface area (Å²) in [5, 5.41) is 25.7. The van der Waals surface area contributed by atoms with E-state index in [1.807, 2.05) is 84.9 Å². The fraction of sp³-hybridized carbons (Fsp3) is 0.265. The van der Waals surface area contributed by atoms with Crippen molar-refractivity contribution in [1.29, 1.82) is 0 Å². The predicted octanol–water partition coefficient (Wildman–Crippen LogP) is 7.07. The summed E-state index contributed by atoms with van der Waals surface area (Å²) < 4.78 is 11.0. The Balaban J connectivity index is 1.51. The Morgan fingerprint density at radius 2 is 1.25 bits per heavy atom. The molecule has 4 aromatic rings. The maximum Gasteiger partial charge on any atom is 0.132 e. The molecule has 4 rings (SSSR count). The number of hydrogen-bond donors (Lipinski definition) is 3. The first-order chi connectivity index (χ1) is 19.2. The van der Waals surface area contributed by atoms with Crippen LogP contribution < -0.4 is 14.8 Å². The van der Waals surface area contributed by atoms with E-state index in [2.05, 4.69) is 26.1 Å². The third-order valence-corrected chi connectivity index (χ3v) is 7.08. The summed E-state index contributed by atoms with van der Waals surface area (Å²) in [6.07, 6.45) is 1.72. The summed E-state index contributed by atoms with van der Waals surface area (Å²) in [6, 6.07) is 26.7. The summed E-state index contributed by atoms with van der Waals surface area (Å²) in [6.45, 7) is 7.44. The second kappa shape index (κ2) is 12.7. The molecule has 0 amide bonds. The van der Waals surface area contributed by atoms with Crippen LogP contribution in [0.1, 0.15) is 31.9 Å². The maximum absolute atomic E-state index is 11.1. The third-order valence-electron chi connectivity index (χ3n) is 7.08. The second-order valence-electron chi connectivity index (χ2n) is 10.8. The number of phenolic OH excluding ortho intramolecular Hbond substituents is 2. The van der Waals surface area contributed by atoms with Crippen LogP contribution in [-0.2, 0) is 6.54 Å². The van der Waals surface area contributed by atoms with E-state index in [-0.39, 0.29) is 23.0 Å². The van der Waals surface area contributed by atoms with Crippen LogP contribution in [0.25, 0.3) is 22.3 Å². The first kappa shape index (κ1) is 28.7. The Morgan fingerprint density at radius 1 is 0.725 bits per heavy atom. The van der Waals surface area contributed by atoms with Gasteiger partial charge in [0.15, 0.2) is 0 Å². The molecule has 0 heterocycles. The van der Waals surface area contributed by atoms with Crippen molar-refractivity contribution < 1.29 is 19.7 Å². The first-order valence-electron chi connectivity index (χ1n) is 13.4. The number of nitrogens with one attached hydrogen (secondary N) is 1. The van der Waals surface area contributed by atoms with Gasteiger partial charge in [0.1, 0.15) is 23.0 Å². The summed E-state index contributed by atoms with van der Waals surface area (Å²) in [5.41, 5.74) is 4.42. The minimum absolute atomic E-state index is 0.0117. The molecular formula is C34H38N2O4. The van der Waals surface area contributed by atoms with Crippen LogP contribution >= 0.6 is 0 Å². The van der Waals surface area contributed by atoms with E-state index in [0.29, 0.717) is 35.7 Å². The largest absolute Gasteiger partial charge is 0.507 e. The monoisotopic (exact) mass is 538 g/mol. The summed E-state index contributed by atoms with van der Waals surface area (Å²) in [7, 11) is 3.25. The number of para-hydroxylation sites is 4. The lowest BCUT2D eigenvalue weighted by Gasteiger charge is -2.30. The molecule has 208 valence electrons. The molecule has 0 saturated heterocycles. The van der Waals surface area contributed by atoms with Crippen molar-refractivity contribution in [3.05, 3.63) is 96.1 Å². The van der Waals surface area contributed by atoms with Crippen LogP contribution in [0.4, 0.5) is 0 Å². The summed E-state index contributed by atoms with van der Waals surface area (Å²) in [4.78, 5) is 4.71. The Bertz CT molecular complexity index is 1470. The fourth-order valence-corrected chi connectivity index (χ4v) is 4.70. The topological polar surface area (TPSA) is 83.3 Å². The smallest absolute Gasteiger partial charge is 0.132 e. The number of aliphatic imine (C=N–C) groups is 1. The fourth-order valence-electron chi connectivity index (χ4n) is 4.70. The van der Waals surface area contributed by atoms with Gasteiger partial charge in [-0.15, -0.1) is 0 Å². The molecule has 6 heteroatoms. The molecule has 4 aromatic carbocycles. The van der Waals surface area contributed by atoms with Crippen molar-refractivity contribution in [1.82, 2.24) is 5.32 Å². The highest BCUT2D eigenvalue weighted by Gasteiger charge is 2.24. The molecule has 0 fully saturated rings. The number of aromatic hydroxyl groups is 2. The van der Waals surface area contributed by atoms with Crippen LogP contribution in [0.15, 0.2) is 89.9 Å². The molecule has 0 saturated carbocycles. The van der Waals surface area contributed by atoms with E-state index in [0.717, 1.165) is 22.3 Å². The van der Waals surface area contributed by atoms with E-state index in [4.69, 9.17) is 14.5 Å². The van der Waals surface area contributed by atoms with Crippen molar-refractivity contribution in [3.63, 3.8) is 0 Å². The number of rotatable bonds is 10. The highest BCUT2D eigenvalue weighted by molar-refractivity contribution is 5.89. The van der Waals surface area contributed by atoms with Gasteiger partial charge in [0.2, 0.25) is 0 Å². The Morgan fingerprint density at radius 3 is 1.82 bits per heavy atom. The van der Waals surface area contributed by atoms with Gasteiger partial charge in [0.05, 0.1) is 20.8 Å². The highest BCUT2D eigenvalue weighted by atomic mass is 16.5. The number of ether oxygens (including phenoxy) is 2. The van der Waals surface area contributed by atoms with Crippen LogP contribution in [0.2, 0.25) is 0 Å². The Kier molecular flexibility index (Phi) is 9.12. The normalized spacial score (nSPS) is 12.4. The lowest BCUT2D eigenvalue weighted by Crippen LogP contribution is -2.42. The van der Waals surface area contributed by atoms with Crippen LogP contribution in [-0.4, -0.2) is 43.2 Å². The zero-order valence-corrected chi connectivity index (χ0v) is 23.8. The quantitative estimate of drug-likeness (QED) is 0.188. The minimum Gasteiger partial charge on any atom is -0.507 e. The molecule has 3 N–H and O–H groups in total. The van der Waals surface area contributed by atoms with Gasteiger partial charge >= 0.3 is 0 Å². The van der Waals surface area contributed by atoms with Gasteiger partial charge in [-0.2, -0.15) is 0 Å². The van der Waals surface area contributed by atoms with E-state index in [1.54, 1.807) is 20.4 Å². The van der Waals surface area contributed by atoms with Crippen molar-refractivity contribution in [2.24, 2.45) is 10.4 Å². The number of phenols is 2. The van der Waals surface area contributed by atoms with Gasteiger partial charge in [-0.05, 0) is 23.6 Å². The van der Waals surface area contributed by atoms with Gasteiger partial charge in [0, 0.05) is 52.2 Å². The minimum atomic E-state index is -0.103. The number of benzene rings is 4. The Labute approximate surface area is 237 Å². The Hall–Kier alpha value is -4.29. The zero-order valence-electron chi connectivity index (χ0n) is 23.8. The summed E-state index contributed by atoms with van der Waals surface area (Å²) in [5.74, 6) is 1.80. The predicted molar refractivity (Wildman–Crippen MR) is 163 cm³/mol. The van der Waals surface area contributed by atoms with Gasteiger partial charge < -0.3 is 25.0 Å². The molecule has 0 aliphatic carbocycles. The van der Waals surface area contributed by atoms with Crippen molar-refractivity contribution in [3.8, 4) is 45.3 Å². The van der Waals surface area contributed by atoms with Crippen LogP contribution in [0.3, 0.4) is 0 Å². The van der Waals surface area contributed by atoms with Crippen molar-refractivity contribution in [2.75, 3.05) is 20.8 Å². The third kappa shape index (κ3) is 6.46. The molecule has 0 bridgehead atoms. The SMILES string of the molecule is COc1ccccc1-c1cccc(C=NC[C@@H](NCc2cccc(-c3ccccc3OC)c2O)C(C)(C)C)c1O. The lowest BCUT2D eigenvalue weighted by atomic mass is 9.86. The van der Waals surface area contributed by atoms with E-state index in [1.165, 1.54) is 0 Å². The molecule has 0 spiro atoms. The van der Waals surface area contributed by atoms with E-state index in [9.17, 15) is 10.2 Å². The number of nitrogens with zero attached hydrogens (tertiary/aromatic N) is 1. The molecule has 40 heavy (non-hydrogen) atoms. The summed E-state index contributed by atoms with van der Waals surface area (Å²) >= 11 is 0. The van der Waals surface area contributed by atoms with E-state index >= 15 is 0 Å². The standard InChI is InChI=1S/C34H38N2O4/c1-34(2,3)31(36-21-24-13-11-17-28(33(24)38)26-15-7-9-19-30(26)40-5)22-35-20-23-12-10-16-27(32(23)37)25-14-6-8-18-29(25)39-4/h6-20,31,36-38H,21-22H2,1-5H3/t31-/m1/s1. The van der Waals surface area contributed by atoms with Crippen LogP contribution in [0, 0.1) is 5.41 Å². The molecule has 6 nitrogen and oxygen atoms in total. The molecule has 1 atom stereocenters. The number of hydrogen-bond acceptors (Lipinski definition) is 6. The molecule has 0 aromatic heterocycles. The average molecular weight is 539 g/mol. The van der Waals surface area contributed by atoms with Crippen LogP contribution in [0.5, 0.6) is 23.0 Å². The highest BCUT2D eigenvalue weighted by Crippen LogP contribution is 2.38. The average Bonchev–Trinajstić information content (AvgIpc) is 2.95. The van der Waals surface area contributed by atoms with Gasteiger partial charge in [0.25, 0.3) is 0 Å². The lowest BCUT2D eigenvalue weighted by molar-refractivity contribution is 0.272. The maximum atomic E-state index is 11.1. The second-order valence-corrected chi connectivity index (χ2v) is 10.8. The first-order valence-corrected chi connectivity index (χ1v) is 13.4. The molecule has 0 aliphatic rings. The van der Waals surface area contributed by atoms with Gasteiger partial charge in [-0.3, -0.25) is 4.99 Å². The molecular weight excluding hydrogens is 500 g/mol. The molecule has 0 aliphatic heterocycles. The molecule has 0 unspecified atom stereocenters. The van der Waals surface area contributed by atoms with Crippen molar-refractivity contribution in [2.45, 2.75) is 33.4 Å². The number of methoxy groups -OCH3 is 2. The molecule has 0 radical (unpaired) electrons. The zero-order chi connectivity index (χ0) is 28.7. The van der Waals surface area contributed by atoms with Gasteiger partial charge in [-0.25, -0.2) is 0 Å². The van der Waals surface area contributed by atoms with Crippen molar-refractivity contribution >= 4 is 6.21 Å².